The van der Waals surface area contributed by atoms with Gasteiger partial charge in [-0.05, 0) is 46.8 Å². The summed E-state index contributed by atoms with van der Waals surface area (Å²) in [4.78, 5) is 6.72. The first-order chi connectivity index (χ1) is 7.58. The van der Waals surface area contributed by atoms with Crippen molar-refractivity contribution in [1.82, 2.24) is 4.98 Å². The van der Waals surface area contributed by atoms with Gasteiger partial charge in [-0.15, -0.1) is 0 Å². The fraction of sp³-hybridized carbons (Fsp3) is 0.583. The van der Waals surface area contributed by atoms with Gasteiger partial charge >= 0.3 is 0 Å². The number of hydrogen-bond donors (Lipinski definition) is 1. The molecule has 0 aliphatic carbocycles. The Balaban J connectivity index is 2.18. The Bertz CT molecular complexity index is 383. The first-order valence-corrected chi connectivity index (χ1v) is 6.42. The maximum atomic E-state index is 9.70. The summed E-state index contributed by atoms with van der Waals surface area (Å²) < 4.78 is 1.01. The van der Waals surface area contributed by atoms with Crippen molar-refractivity contribution in [2.24, 2.45) is 5.92 Å². The van der Waals surface area contributed by atoms with E-state index in [9.17, 15) is 5.11 Å². The van der Waals surface area contributed by atoms with Crippen molar-refractivity contribution in [3.8, 4) is 0 Å². The number of aromatic nitrogens is 1. The zero-order valence-corrected chi connectivity index (χ0v) is 11.2. The topological polar surface area (TPSA) is 36.4 Å². The van der Waals surface area contributed by atoms with Crippen molar-refractivity contribution in [2.75, 3.05) is 18.0 Å². The molecule has 2 atom stereocenters. The quantitative estimate of drug-likeness (QED) is 0.860. The standard InChI is InChI=1S/C12H17BrN2O/c1-8-5-10(13)6-14-12(8)15-4-3-11(16)9(2)7-15/h5-6,9,11,16H,3-4,7H2,1-2H3. The van der Waals surface area contributed by atoms with E-state index in [4.69, 9.17) is 0 Å². The van der Waals surface area contributed by atoms with Crippen LogP contribution in [0, 0.1) is 12.8 Å². The molecule has 1 aliphatic rings. The lowest BCUT2D eigenvalue weighted by Gasteiger charge is -2.35. The average Bonchev–Trinajstić information content (AvgIpc) is 2.22. The molecule has 2 rings (SSSR count). The summed E-state index contributed by atoms with van der Waals surface area (Å²) in [5.41, 5.74) is 1.18. The van der Waals surface area contributed by atoms with Crippen molar-refractivity contribution < 1.29 is 5.11 Å². The van der Waals surface area contributed by atoms with Crippen LogP contribution < -0.4 is 4.90 Å². The first kappa shape index (κ1) is 11.9. The SMILES string of the molecule is Cc1cc(Br)cnc1N1CCC(O)C(C)C1. The van der Waals surface area contributed by atoms with Crippen LogP contribution in [-0.2, 0) is 0 Å². The minimum absolute atomic E-state index is 0.160. The predicted octanol–water partition coefficient (Wildman–Crippen LogP) is 2.36. The van der Waals surface area contributed by atoms with Gasteiger partial charge in [-0.3, -0.25) is 0 Å². The third-order valence-electron chi connectivity index (χ3n) is 3.18. The Morgan fingerprint density at radius 3 is 2.94 bits per heavy atom. The van der Waals surface area contributed by atoms with Crippen LogP contribution >= 0.6 is 15.9 Å². The fourth-order valence-electron chi connectivity index (χ4n) is 2.19. The number of piperidine rings is 1. The van der Waals surface area contributed by atoms with Gasteiger partial charge in [0.25, 0.3) is 0 Å². The van der Waals surface area contributed by atoms with E-state index >= 15 is 0 Å². The summed E-state index contributed by atoms with van der Waals surface area (Å²) in [5, 5.41) is 9.70. The summed E-state index contributed by atoms with van der Waals surface area (Å²) in [6.07, 6.45) is 2.50. The molecule has 4 heteroatoms. The molecule has 2 heterocycles. The van der Waals surface area contributed by atoms with Crippen LogP contribution in [0.5, 0.6) is 0 Å². The van der Waals surface area contributed by atoms with E-state index in [-0.39, 0.29) is 6.10 Å². The second-order valence-corrected chi connectivity index (χ2v) is 5.49. The lowest BCUT2D eigenvalue weighted by atomic mass is 9.96. The van der Waals surface area contributed by atoms with Crippen LogP contribution in [0.2, 0.25) is 0 Å². The number of aliphatic hydroxyl groups is 1. The Hall–Kier alpha value is -0.610. The van der Waals surface area contributed by atoms with Gasteiger partial charge in [-0.25, -0.2) is 4.98 Å². The van der Waals surface area contributed by atoms with Crippen LogP contribution in [0.4, 0.5) is 5.82 Å². The zero-order valence-electron chi connectivity index (χ0n) is 9.65. The number of pyridine rings is 1. The molecule has 1 aliphatic heterocycles. The van der Waals surface area contributed by atoms with Crippen LogP contribution in [0.3, 0.4) is 0 Å². The van der Waals surface area contributed by atoms with Crippen molar-refractivity contribution in [3.63, 3.8) is 0 Å². The normalized spacial score (nSPS) is 25.9. The Kier molecular flexibility index (Phi) is 3.50. The third kappa shape index (κ3) is 2.38. The molecule has 3 nitrogen and oxygen atoms in total. The van der Waals surface area contributed by atoms with E-state index in [2.05, 4.69) is 45.7 Å². The van der Waals surface area contributed by atoms with Gasteiger partial charge in [-0.1, -0.05) is 6.92 Å². The van der Waals surface area contributed by atoms with E-state index in [1.54, 1.807) is 0 Å². The summed E-state index contributed by atoms with van der Waals surface area (Å²) >= 11 is 3.42. The minimum Gasteiger partial charge on any atom is -0.393 e. The Morgan fingerprint density at radius 2 is 2.31 bits per heavy atom. The zero-order chi connectivity index (χ0) is 11.7. The summed E-state index contributed by atoms with van der Waals surface area (Å²) in [7, 11) is 0. The van der Waals surface area contributed by atoms with Gasteiger partial charge in [0, 0.05) is 23.8 Å². The highest BCUT2D eigenvalue weighted by molar-refractivity contribution is 9.10. The number of halogens is 1. The van der Waals surface area contributed by atoms with Crippen molar-refractivity contribution in [3.05, 3.63) is 22.3 Å². The number of rotatable bonds is 1. The number of anilines is 1. The van der Waals surface area contributed by atoms with Crippen LogP contribution in [0.1, 0.15) is 18.9 Å². The molecule has 0 saturated carbocycles. The molecule has 0 amide bonds. The third-order valence-corrected chi connectivity index (χ3v) is 3.61. The molecule has 1 saturated heterocycles. The molecule has 1 aromatic heterocycles. The highest BCUT2D eigenvalue weighted by atomic mass is 79.9. The number of aryl methyl sites for hydroxylation is 1. The predicted molar refractivity (Wildman–Crippen MR) is 68.7 cm³/mol. The first-order valence-electron chi connectivity index (χ1n) is 5.63. The van der Waals surface area contributed by atoms with Crippen LogP contribution in [-0.4, -0.2) is 29.3 Å². The minimum atomic E-state index is -0.160. The molecule has 0 aromatic carbocycles. The van der Waals surface area contributed by atoms with E-state index in [1.807, 2.05) is 6.20 Å². The molecule has 0 radical (unpaired) electrons. The molecule has 88 valence electrons. The van der Waals surface area contributed by atoms with Gasteiger partial charge < -0.3 is 10.0 Å². The molecule has 0 bridgehead atoms. The Labute approximate surface area is 105 Å². The van der Waals surface area contributed by atoms with Gasteiger partial charge in [0.05, 0.1) is 6.10 Å². The van der Waals surface area contributed by atoms with Crippen LogP contribution in [0.15, 0.2) is 16.7 Å². The largest absolute Gasteiger partial charge is 0.393 e. The molecule has 16 heavy (non-hydrogen) atoms. The second kappa shape index (κ2) is 4.72. The van der Waals surface area contributed by atoms with E-state index in [1.165, 1.54) is 5.56 Å². The highest BCUT2D eigenvalue weighted by Crippen LogP contribution is 2.25. The number of hydrogen-bond acceptors (Lipinski definition) is 3. The lowest BCUT2D eigenvalue weighted by Crippen LogP contribution is -2.42. The summed E-state index contributed by atoms with van der Waals surface area (Å²) in [6, 6.07) is 2.08. The number of aliphatic hydroxyl groups excluding tert-OH is 1. The second-order valence-electron chi connectivity index (χ2n) is 4.57. The maximum absolute atomic E-state index is 9.70. The molecule has 1 aromatic rings. The van der Waals surface area contributed by atoms with Crippen molar-refractivity contribution >= 4 is 21.7 Å². The van der Waals surface area contributed by atoms with Gasteiger partial charge in [0.1, 0.15) is 5.82 Å². The fourth-order valence-corrected chi connectivity index (χ4v) is 2.64. The highest BCUT2D eigenvalue weighted by Gasteiger charge is 2.25. The van der Waals surface area contributed by atoms with Gasteiger partial charge in [0.15, 0.2) is 0 Å². The molecular formula is C12H17BrN2O. The molecule has 0 spiro atoms. The number of nitrogens with zero attached hydrogens (tertiary/aromatic N) is 2. The summed E-state index contributed by atoms with van der Waals surface area (Å²) in [6.45, 7) is 5.94. The molecular weight excluding hydrogens is 268 g/mol. The Morgan fingerprint density at radius 1 is 1.56 bits per heavy atom. The van der Waals surface area contributed by atoms with Crippen molar-refractivity contribution in [1.29, 1.82) is 0 Å². The monoisotopic (exact) mass is 284 g/mol. The van der Waals surface area contributed by atoms with E-state index < -0.39 is 0 Å². The lowest BCUT2D eigenvalue weighted by molar-refractivity contribution is 0.0968. The molecule has 1 fully saturated rings. The molecule has 1 N–H and O–H groups in total. The smallest absolute Gasteiger partial charge is 0.131 e. The maximum Gasteiger partial charge on any atom is 0.131 e. The van der Waals surface area contributed by atoms with E-state index in [0.29, 0.717) is 5.92 Å². The van der Waals surface area contributed by atoms with Gasteiger partial charge in [-0.2, -0.15) is 0 Å². The van der Waals surface area contributed by atoms with Crippen LogP contribution in [0.25, 0.3) is 0 Å². The van der Waals surface area contributed by atoms with E-state index in [0.717, 1.165) is 29.8 Å². The summed E-state index contributed by atoms with van der Waals surface area (Å²) in [5.74, 6) is 1.36. The molecule has 2 unspecified atom stereocenters. The van der Waals surface area contributed by atoms with Crippen molar-refractivity contribution in [2.45, 2.75) is 26.4 Å². The van der Waals surface area contributed by atoms with Gasteiger partial charge in [0.2, 0.25) is 0 Å². The average molecular weight is 285 g/mol.